The average molecular weight is 183 g/mol. The second kappa shape index (κ2) is 4.45. The van der Waals surface area contributed by atoms with Crippen LogP contribution in [0.4, 0.5) is 0 Å². The number of rotatable bonds is 3. The minimum absolute atomic E-state index is 0.627. The van der Waals surface area contributed by atoms with Crippen LogP contribution in [0.2, 0.25) is 0 Å². The highest BCUT2D eigenvalue weighted by Gasteiger charge is 2.38. The molecule has 0 saturated carbocycles. The van der Waals surface area contributed by atoms with Crippen LogP contribution in [-0.2, 0) is 0 Å². The van der Waals surface area contributed by atoms with Crippen molar-refractivity contribution in [2.45, 2.75) is 58.9 Å². The van der Waals surface area contributed by atoms with E-state index in [0.29, 0.717) is 5.41 Å². The Hall–Kier alpha value is -0.0400. The van der Waals surface area contributed by atoms with E-state index in [-0.39, 0.29) is 0 Å². The van der Waals surface area contributed by atoms with E-state index in [0.717, 1.165) is 6.04 Å². The van der Waals surface area contributed by atoms with Crippen LogP contribution in [0.5, 0.6) is 0 Å². The summed E-state index contributed by atoms with van der Waals surface area (Å²) in [4.78, 5) is 2.54. The largest absolute Gasteiger partial charge is 0.303 e. The van der Waals surface area contributed by atoms with E-state index in [2.05, 4.69) is 32.7 Å². The van der Waals surface area contributed by atoms with Crippen molar-refractivity contribution < 1.29 is 0 Å². The van der Waals surface area contributed by atoms with Gasteiger partial charge in [0, 0.05) is 6.04 Å². The van der Waals surface area contributed by atoms with Gasteiger partial charge in [-0.25, -0.2) is 0 Å². The molecule has 0 aliphatic carbocycles. The van der Waals surface area contributed by atoms with Crippen LogP contribution < -0.4 is 0 Å². The third kappa shape index (κ3) is 2.07. The minimum atomic E-state index is 0.627. The molecule has 0 amide bonds. The Morgan fingerprint density at radius 1 is 1.38 bits per heavy atom. The third-order valence-electron chi connectivity index (χ3n) is 4.18. The molecular formula is C12H25N. The van der Waals surface area contributed by atoms with Crippen LogP contribution in [0.25, 0.3) is 0 Å². The molecule has 1 heteroatoms. The fourth-order valence-corrected chi connectivity index (χ4v) is 3.03. The quantitative estimate of drug-likeness (QED) is 0.649. The first-order chi connectivity index (χ1) is 6.16. The molecule has 1 aliphatic heterocycles. The Morgan fingerprint density at radius 3 is 2.62 bits per heavy atom. The molecule has 1 heterocycles. The van der Waals surface area contributed by atoms with Gasteiger partial charge in [-0.3, -0.25) is 0 Å². The topological polar surface area (TPSA) is 3.24 Å². The van der Waals surface area contributed by atoms with Gasteiger partial charge in [-0.05, 0) is 51.6 Å². The molecular weight excluding hydrogens is 158 g/mol. The van der Waals surface area contributed by atoms with Gasteiger partial charge in [0.15, 0.2) is 0 Å². The summed E-state index contributed by atoms with van der Waals surface area (Å²) in [5.41, 5.74) is 0.627. The number of nitrogens with zero attached hydrogens (tertiary/aromatic N) is 1. The first kappa shape index (κ1) is 11.0. The summed E-state index contributed by atoms with van der Waals surface area (Å²) < 4.78 is 0. The zero-order chi connectivity index (χ0) is 9.90. The zero-order valence-electron chi connectivity index (χ0n) is 9.77. The molecule has 13 heavy (non-hydrogen) atoms. The Balaban J connectivity index is 2.70. The summed E-state index contributed by atoms with van der Waals surface area (Å²) in [6, 6.07) is 0.784. The first-order valence-electron chi connectivity index (χ1n) is 5.86. The van der Waals surface area contributed by atoms with Crippen molar-refractivity contribution in [3.05, 3.63) is 0 Å². The van der Waals surface area contributed by atoms with E-state index in [1.807, 2.05) is 0 Å². The van der Waals surface area contributed by atoms with Gasteiger partial charge in [-0.1, -0.05) is 20.3 Å². The lowest BCUT2D eigenvalue weighted by Crippen LogP contribution is -2.48. The monoisotopic (exact) mass is 183 g/mol. The van der Waals surface area contributed by atoms with E-state index >= 15 is 0 Å². The number of likely N-dealkylation sites (tertiary alicyclic amines) is 1. The molecule has 1 fully saturated rings. The predicted molar refractivity (Wildman–Crippen MR) is 59.0 cm³/mol. The first-order valence-corrected chi connectivity index (χ1v) is 5.86. The van der Waals surface area contributed by atoms with Gasteiger partial charge < -0.3 is 4.90 Å². The number of piperidine rings is 1. The molecule has 0 spiro atoms. The van der Waals surface area contributed by atoms with E-state index in [1.165, 1.54) is 38.6 Å². The third-order valence-corrected chi connectivity index (χ3v) is 4.18. The van der Waals surface area contributed by atoms with Crippen molar-refractivity contribution in [1.82, 2.24) is 4.90 Å². The van der Waals surface area contributed by atoms with Gasteiger partial charge in [-0.15, -0.1) is 0 Å². The maximum atomic E-state index is 2.54. The van der Waals surface area contributed by atoms with Gasteiger partial charge in [0.25, 0.3) is 0 Å². The van der Waals surface area contributed by atoms with Crippen LogP contribution >= 0.6 is 0 Å². The summed E-state index contributed by atoms with van der Waals surface area (Å²) in [6.07, 6.45) is 6.95. The molecule has 2 unspecified atom stereocenters. The van der Waals surface area contributed by atoms with Crippen molar-refractivity contribution in [1.29, 1.82) is 0 Å². The Kier molecular flexibility index (Phi) is 3.78. The van der Waals surface area contributed by atoms with Gasteiger partial charge >= 0.3 is 0 Å². The smallest absolute Gasteiger partial charge is 0.0120 e. The van der Waals surface area contributed by atoms with Crippen LogP contribution in [0, 0.1) is 5.41 Å². The second-order valence-corrected chi connectivity index (χ2v) is 4.73. The molecule has 1 aliphatic rings. The summed E-state index contributed by atoms with van der Waals surface area (Å²) >= 11 is 0. The van der Waals surface area contributed by atoms with Gasteiger partial charge in [0.2, 0.25) is 0 Å². The molecule has 0 bridgehead atoms. The van der Waals surface area contributed by atoms with Gasteiger partial charge in [0.1, 0.15) is 0 Å². The maximum absolute atomic E-state index is 2.54. The molecule has 2 atom stereocenters. The van der Waals surface area contributed by atoms with E-state index in [4.69, 9.17) is 0 Å². The highest BCUT2D eigenvalue weighted by Crippen LogP contribution is 2.42. The second-order valence-electron chi connectivity index (χ2n) is 4.73. The molecule has 1 saturated heterocycles. The van der Waals surface area contributed by atoms with Gasteiger partial charge in [0.05, 0.1) is 0 Å². The van der Waals surface area contributed by atoms with Crippen molar-refractivity contribution in [2.24, 2.45) is 5.41 Å². The maximum Gasteiger partial charge on any atom is 0.0120 e. The van der Waals surface area contributed by atoms with Crippen LogP contribution in [0.15, 0.2) is 0 Å². The lowest BCUT2D eigenvalue weighted by molar-refractivity contribution is 0.0297. The van der Waals surface area contributed by atoms with E-state index in [1.54, 1.807) is 0 Å². The molecule has 0 aromatic carbocycles. The lowest BCUT2D eigenvalue weighted by atomic mass is 9.69. The molecule has 1 nitrogen and oxygen atoms in total. The molecule has 0 radical (unpaired) electrons. The van der Waals surface area contributed by atoms with E-state index < -0.39 is 0 Å². The summed E-state index contributed by atoms with van der Waals surface area (Å²) in [5.74, 6) is 0. The van der Waals surface area contributed by atoms with Crippen molar-refractivity contribution in [3.8, 4) is 0 Å². The number of hydrogen-bond acceptors (Lipinski definition) is 1. The Labute approximate surface area is 83.5 Å². The zero-order valence-corrected chi connectivity index (χ0v) is 9.77. The SMILES string of the molecule is CCCC1(CC)CCCN(C)C1C. The standard InChI is InChI=1S/C12H25N/c1-5-8-12(6-2)9-7-10-13(4)11(12)3/h11H,5-10H2,1-4H3. The van der Waals surface area contributed by atoms with Crippen LogP contribution in [0.3, 0.4) is 0 Å². The average Bonchev–Trinajstić information content (AvgIpc) is 2.13. The predicted octanol–water partition coefficient (Wildman–Crippen LogP) is 3.30. The molecule has 0 aromatic rings. The summed E-state index contributed by atoms with van der Waals surface area (Å²) in [7, 11) is 2.28. The van der Waals surface area contributed by atoms with Crippen LogP contribution in [0.1, 0.15) is 52.9 Å². The van der Waals surface area contributed by atoms with E-state index in [9.17, 15) is 0 Å². The Morgan fingerprint density at radius 2 is 2.08 bits per heavy atom. The van der Waals surface area contributed by atoms with Crippen molar-refractivity contribution in [3.63, 3.8) is 0 Å². The fraction of sp³-hybridized carbons (Fsp3) is 1.00. The normalized spacial score (nSPS) is 36.5. The summed E-state index contributed by atoms with van der Waals surface area (Å²) in [6.45, 7) is 8.40. The van der Waals surface area contributed by atoms with Crippen LogP contribution in [-0.4, -0.2) is 24.5 Å². The number of hydrogen-bond donors (Lipinski definition) is 0. The fourth-order valence-electron chi connectivity index (χ4n) is 3.03. The molecule has 78 valence electrons. The highest BCUT2D eigenvalue weighted by molar-refractivity contribution is 4.91. The van der Waals surface area contributed by atoms with Crippen molar-refractivity contribution >= 4 is 0 Å². The Bertz CT molecular complexity index is 151. The van der Waals surface area contributed by atoms with Gasteiger partial charge in [-0.2, -0.15) is 0 Å². The highest BCUT2D eigenvalue weighted by atomic mass is 15.1. The molecule has 0 N–H and O–H groups in total. The van der Waals surface area contributed by atoms with Crippen molar-refractivity contribution in [2.75, 3.05) is 13.6 Å². The lowest BCUT2D eigenvalue weighted by Gasteiger charge is -2.47. The minimum Gasteiger partial charge on any atom is -0.303 e. The summed E-state index contributed by atoms with van der Waals surface area (Å²) in [5, 5.41) is 0. The molecule has 0 aromatic heterocycles. The molecule has 1 rings (SSSR count).